The molecule has 0 atom stereocenters. The zero-order chi connectivity index (χ0) is 24.3. The van der Waals surface area contributed by atoms with Gasteiger partial charge in [-0.1, -0.05) is 41.9 Å². The van der Waals surface area contributed by atoms with Crippen LogP contribution in [0.2, 0.25) is 5.02 Å². The van der Waals surface area contributed by atoms with Crippen molar-refractivity contribution in [1.82, 2.24) is 10.2 Å². The molecule has 7 nitrogen and oxygen atoms in total. The Hall–Kier alpha value is -3.00. The molecule has 0 heterocycles. The number of alkyl carbamates (subject to hydrolysis) is 1. The zero-order valence-electron chi connectivity index (χ0n) is 19.2. The molecule has 0 spiro atoms. The summed E-state index contributed by atoms with van der Waals surface area (Å²) < 4.78 is 24.0. The van der Waals surface area contributed by atoms with E-state index in [4.69, 9.17) is 21.1 Å². The molecule has 0 aliphatic carbocycles. The van der Waals surface area contributed by atoms with Gasteiger partial charge in [0.15, 0.2) is 0 Å². The van der Waals surface area contributed by atoms with Crippen molar-refractivity contribution in [2.75, 3.05) is 31.5 Å². The Balaban J connectivity index is 1.86. The average molecular weight is 480 g/mol. The fourth-order valence-electron chi connectivity index (χ4n) is 2.82. The lowest BCUT2D eigenvalue weighted by Gasteiger charge is -2.23. The van der Waals surface area contributed by atoms with Crippen LogP contribution < -0.4 is 10.6 Å². The first-order chi connectivity index (χ1) is 15.6. The number of hydrogen-bond acceptors (Lipinski definition) is 5. The first-order valence-corrected chi connectivity index (χ1v) is 11.1. The number of benzene rings is 2. The number of amides is 2. The molecule has 0 unspecified atom stereocenters. The summed E-state index contributed by atoms with van der Waals surface area (Å²) >= 11 is 5.81. The van der Waals surface area contributed by atoms with E-state index in [0.29, 0.717) is 38.3 Å². The van der Waals surface area contributed by atoms with Crippen LogP contribution in [-0.2, 0) is 16.1 Å². The van der Waals surface area contributed by atoms with Crippen molar-refractivity contribution in [2.24, 2.45) is 0 Å². The van der Waals surface area contributed by atoms with E-state index in [1.807, 2.05) is 30.3 Å². The molecule has 2 rings (SSSR count). The molecule has 2 N–H and O–H groups in total. The van der Waals surface area contributed by atoms with Gasteiger partial charge in [0.25, 0.3) is 0 Å². The molecule has 0 aliphatic rings. The van der Waals surface area contributed by atoms with Crippen LogP contribution in [0.4, 0.5) is 19.7 Å². The van der Waals surface area contributed by atoms with Crippen LogP contribution in [-0.4, -0.2) is 48.9 Å². The largest absolute Gasteiger partial charge is 0.445 e. The topological polar surface area (TPSA) is 79.9 Å². The molecule has 2 aromatic rings. The highest BCUT2D eigenvalue weighted by atomic mass is 35.5. The Morgan fingerprint density at radius 3 is 2.45 bits per heavy atom. The van der Waals surface area contributed by atoms with Crippen LogP contribution >= 0.6 is 11.6 Å². The van der Waals surface area contributed by atoms with Gasteiger partial charge in [-0.2, -0.15) is 0 Å². The van der Waals surface area contributed by atoms with E-state index in [0.717, 1.165) is 5.56 Å². The van der Waals surface area contributed by atoms with Crippen molar-refractivity contribution in [3.63, 3.8) is 0 Å². The highest BCUT2D eigenvalue weighted by Gasteiger charge is 2.17. The second-order valence-corrected chi connectivity index (χ2v) is 8.77. The SMILES string of the molecule is CC(C)(C)OC(=O)NCCCN(CCNc1ccc(F)c(Cl)c1)C(=O)OCc1ccccc1. The van der Waals surface area contributed by atoms with Gasteiger partial charge in [-0.15, -0.1) is 0 Å². The van der Waals surface area contributed by atoms with Crippen molar-refractivity contribution < 1.29 is 23.5 Å². The van der Waals surface area contributed by atoms with Gasteiger partial charge in [-0.05, 0) is 51.0 Å². The smallest absolute Gasteiger partial charge is 0.410 e. The number of nitrogens with zero attached hydrogens (tertiary/aromatic N) is 1. The van der Waals surface area contributed by atoms with Crippen LogP contribution in [0.5, 0.6) is 0 Å². The molecule has 0 saturated carbocycles. The summed E-state index contributed by atoms with van der Waals surface area (Å²) in [6, 6.07) is 13.7. The number of anilines is 1. The third kappa shape index (κ3) is 10.4. The highest BCUT2D eigenvalue weighted by molar-refractivity contribution is 6.31. The summed E-state index contributed by atoms with van der Waals surface area (Å²) in [5.41, 5.74) is 0.953. The minimum Gasteiger partial charge on any atom is -0.445 e. The van der Waals surface area contributed by atoms with Crippen LogP contribution in [0.1, 0.15) is 32.8 Å². The second kappa shape index (κ2) is 12.9. The molecule has 0 radical (unpaired) electrons. The fraction of sp³-hybridized carbons (Fsp3) is 0.417. The highest BCUT2D eigenvalue weighted by Crippen LogP contribution is 2.19. The van der Waals surface area contributed by atoms with Crippen molar-refractivity contribution in [3.8, 4) is 0 Å². The number of carbonyl (C=O) groups excluding carboxylic acids is 2. The van der Waals surface area contributed by atoms with Gasteiger partial charge in [0.1, 0.15) is 18.0 Å². The maximum absolute atomic E-state index is 13.3. The normalized spacial score (nSPS) is 10.9. The molecule has 0 bridgehead atoms. The Bertz CT molecular complexity index is 906. The number of rotatable bonds is 10. The van der Waals surface area contributed by atoms with Gasteiger partial charge in [-0.25, -0.2) is 14.0 Å². The Morgan fingerprint density at radius 2 is 1.79 bits per heavy atom. The van der Waals surface area contributed by atoms with Gasteiger partial charge >= 0.3 is 12.2 Å². The van der Waals surface area contributed by atoms with E-state index in [1.165, 1.54) is 12.1 Å². The molecule has 2 aromatic carbocycles. The Morgan fingerprint density at radius 1 is 1.06 bits per heavy atom. The molecule has 33 heavy (non-hydrogen) atoms. The molecule has 0 fully saturated rings. The van der Waals surface area contributed by atoms with E-state index in [2.05, 4.69) is 10.6 Å². The first kappa shape index (κ1) is 26.3. The van der Waals surface area contributed by atoms with Gasteiger partial charge in [-0.3, -0.25) is 0 Å². The van der Waals surface area contributed by atoms with Gasteiger partial charge in [0, 0.05) is 31.9 Å². The summed E-state index contributed by atoms with van der Waals surface area (Å²) in [7, 11) is 0. The lowest BCUT2D eigenvalue weighted by molar-refractivity contribution is 0.0525. The zero-order valence-corrected chi connectivity index (χ0v) is 20.0. The monoisotopic (exact) mass is 479 g/mol. The quantitative estimate of drug-likeness (QED) is 0.443. The summed E-state index contributed by atoms with van der Waals surface area (Å²) in [6.45, 7) is 6.99. The standard InChI is InChI=1S/C24H31ClFN3O4/c1-24(2,3)33-22(30)28-12-7-14-29(23(31)32-17-18-8-5-4-6-9-18)15-13-27-19-10-11-21(26)20(25)16-19/h4-6,8-11,16,27H,7,12-15,17H2,1-3H3,(H,28,30). The van der Waals surface area contributed by atoms with Crippen LogP contribution in [0, 0.1) is 5.82 Å². The van der Waals surface area contributed by atoms with E-state index in [1.54, 1.807) is 31.7 Å². The number of carbonyl (C=O) groups is 2. The molecule has 0 saturated heterocycles. The fourth-order valence-corrected chi connectivity index (χ4v) is 3.00. The summed E-state index contributed by atoms with van der Waals surface area (Å²) in [4.78, 5) is 26.0. The van der Waals surface area contributed by atoms with Crippen molar-refractivity contribution in [3.05, 3.63) is 64.9 Å². The van der Waals surface area contributed by atoms with E-state index >= 15 is 0 Å². The molecule has 0 aromatic heterocycles. The third-order valence-corrected chi connectivity index (χ3v) is 4.66. The summed E-state index contributed by atoms with van der Waals surface area (Å²) in [5, 5.41) is 5.82. The molecule has 0 aliphatic heterocycles. The number of ether oxygens (including phenoxy) is 2. The van der Waals surface area contributed by atoms with Crippen LogP contribution in [0.15, 0.2) is 48.5 Å². The second-order valence-electron chi connectivity index (χ2n) is 8.37. The number of nitrogens with one attached hydrogen (secondary N) is 2. The summed E-state index contributed by atoms with van der Waals surface area (Å²) in [6.07, 6.45) is -0.451. The van der Waals surface area contributed by atoms with Gasteiger partial charge in [0.2, 0.25) is 0 Å². The molecule has 180 valence electrons. The van der Waals surface area contributed by atoms with Gasteiger partial charge < -0.3 is 25.0 Å². The maximum atomic E-state index is 13.3. The Labute approximate surface area is 199 Å². The van der Waals surface area contributed by atoms with E-state index < -0.39 is 23.6 Å². The Kier molecular flexibility index (Phi) is 10.3. The van der Waals surface area contributed by atoms with Crippen LogP contribution in [0.3, 0.4) is 0 Å². The van der Waals surface area contributed by atoms with Crippen molar-refractivity contribution in [2.45, 2.75) is 39.4 Å². The minimum atomic E-state index is -0.577. The lowest BCUT2D eigenvalue weighted by Crippen LogP contribution is -2.38. The van der Waals surface area contributed by atoms with E-state index in [-0.39, 0.29) is 11.6 Å². The molecular weight excluding hydrogens is 449 g/mol. The third-order valence-electron chi connectivity index (χ3n) is 4.37. The maximum Gasteiger partial charge on any atom is 0.410 e. The molecule has 2 amide bonds. The number of halogens is 2. The summed E-state index contributed by atoms with van der Waals surface area (Å²) in [5.74, 6) is -0.495. The molecule has 9 heteroatoms. The average Bonchev–Trinajstić information content (AvgIpc) is 2.75. The van der Waals surface area contributed by atoms with Gasteiger partial charge in [0.05, 0.1) is 5.02 Å². The van der Waals surface area contributed by atoms with E-state index in [9.17, 15) is 14.0 Å². The predicted octanol–water partition coefficient (Wildman–Crippen LogP) is 5.44. The van der Waals surface area contributed by atoms with Crippen LogP contribution in [0.25, 0.3) is 0 Å². The first-order valence-electron chi connectivity index (χ1n) is 10.8. The minimum absolute atomic E-state index is 0.0207. The van der Waals surface area contributed by atoms with Crippen molar-refractivity contribution >= 4 is 29.5 Å². The van der Waals surface area contributed by atoms with Crippen molar-refractivity contribution in [1.29, 1.82) is 0 Å². The lowest BCUT2D eigenvalue weighted by atomic mass is 10.2. The number of hydrogen-bond donors (Lipinski definition) is 2. The predicted molar refractivity (Wildman–Crippen MR) is 127 cm³/mol. The molecular formula is C24H31ClFN3O4.